The monoisotopic (exact) mass is 538 g/mol. The van der Waals surface area contributed by atoms with Gasteiger partial charge >= 0.3 is 0 Å². The average molecular weight is 540 g/mol. The summed E-state index contributed by atoms with van der Waals surface area (Å²) in [5.41, 5.74) is 11.6. The van der Waals surface area contributed by atoms with Gasteiger partial charge in [-0.15, -0.1) is 0 Å². The van der Waals surface area contributed by atoms with Gasteiger partial charge in [0.05, 0.1) is 0 Å². The largest absolute Gasteiger partial charge is 0.330 e. The van der Waals surface area contributed by atoms with Gasteiger partial charge in [0, 0.05) is 21.8 Å². The zero-order valence-electron chi connectivity index (χ0n) is 20.8. The molecular formula is C33H35BrN2. The van der Waals surface area contributed by atoms with Crippen LogP contribution < -0.4 is 5.73 Å². The lowest BCUT2D eigenvalue weighted by atomic mass is 9.67. The van der Waals surface area contributed by atoms with E-state index in [9.17, 15) is 0 Å². The quantitative estimate of drug-likeness (QED) is 0.241. The first-order valence-corrected chi connectivity index (χ1v) is 13.8. The fourth-order valence-corrected chi connectivity index (χ4v) is 6.46. The molecule has 4 aromatic rings. The molecule has 0 radical (unpaired) electrons. The Bertz CT molecular complexity index is 1190. The van der Waals surface area contributed by atoms with Crippen molar-refractivity contribution in [1.82, 2.24) is 4.90 Å². The van der Waals surface area contributed by atoms with E-state index in [1.807, 2.05) is 0 Å². The molecule has 0 amide bonds. The Balaban J connectivity index is 1.46. The van der Waals surface area contributed by atoms with Crippen LogP contribution in [0.2, 0.25) is 0 Å². The third kappa shape index (κ3) is 4.93. The van der Waals surface area contributed by atoms with Crippen LogP contribution in [0.1, 0.15) is 41.5 Å². The van der Waals surface area contributed by atoms with Crippen molar-refractivity contribution in [2.75, 3.05) is 26.2 Å². The van der Waals surface area contributed by atoms with Crippen molar-refractivity contribution in [3.05, 3.63) is 142 Å². The van der Waals surface area contributed by atoms with Crippen molar-refractivity contribution < 1.29 is 0 Å². The van der Waals surface area contributed by atoms with Gasteiger partial charge in [-0.25, -0.2) is 0 Å². The van der Waals surface area contributed by atoms with E-state index in [4.69, 9.17) is 5.73 Å². The van der Waals surface area contributed by atoms with E-state index in [-0.39, 0.29) is 10.8 Å². The van der Waals surface area contributed by atoms with Crippen LogP contribution in [0.15, 0.2) is 120 Å². The smallest absolute Gasteiger partial charge is 0.0463 e. The highest BCUT2D eigenvalue weighted by molar-refractivity contribution is 9.10. The van der Waals surface area contributed by atoms with E-state index < -0.39 is 0 Å². The Morgan fingerprint density at radius 2 is 1.22 bits per heavy atom. The number of likely N-dealkylation sites (tertiary alicyclic amines) is 1. The number of hydrogen-bond donors (Lipinski definition) is 1. The first kappa shape index (κ1) is 25.0. The highest BCUT2D eigenvalue weighted by atomic mass is 79.9. The van der Waals surface area contributed by atoms with Gasteiger partial charge in [-0.1, -0.05) is 119 Å². The molecule has 0 atom stereocenters. The number of nitrogens with two attached hydrogens (primary N) is 1. The first-order chi connectivity index (χ1) is 17.7. The van der Waals surface area contributed by atoms with Crippen LogP contribution in [0, 0.1) is 0 Å². The van der Waals surface area contributed by atoms with E-state index >= 15 is 0 Å². The molecule has 3 heteroatoms. The van der Waals surface area contributed by atoms with Crippen molar-refractivity contribution in [2.24, 2.45) is 5.73 Å². The molecule has 0 unspecified atom stereocenters. The Hall–Kier alpha value is -2.72. The average Bonchev–Trinajstić information content (AvgIpc) is 2.95. The van der Waals surface area contributed by atoms with E-state index in [0.29, 0.717) is 6.54 Å². The van der Waals surface area contributed by atoms with Crippen LogP contribution in [-0.4, -0.2) is 31.1 Å². The van der Waals surface area contributed by atoms with Gasteiger partial charge in [-0.3, -0.25) is 0 Å². The summed E-state index contributed by atoms with van der Waals surface area (Å²) in [6.07, 6.45) is 3.22. The number of nitrogens with zero attached hydrogens (tertiary/aromatic N) is 1. The third-order valence-electron chi connectivity index (χ3n) is 8.24. The minimum absolute atomic E-state index is 0.0952. The molecule has 36 heavy (non-hydrogen) atoms. The van der Waals surface area contributed by atoms with Gasteiger partial charge in [0.15, 0.2) is 0 Å². The van der Waals surface area contributed by atoms with Gasteiger partial charge in [-0.05, 0) is 73.3 Å². The van der Waals surface area contributed by atoms with Crippen LogP contribution in [0.4, 0.5) is 0 Å². The molecule has 0 aliphatic carbocycles. The van der Waals surface area contributed by atoms with Crippen molar-refractivity contribution in [1.29, 1.82) is 0 Å². The second kappa shape index (κ2) is 11.1. The zero-order valence-corrected chi connectivity index (χ0v) is 22.4. The summed E-state index contributed by atoms with van der Waals surface area (Å²) in [6, 6.07) is 41.8. The lowest BCUT2D eigenvalue weighted by molar-refractivity contribution is 0.155. The maximum atomic E-state index is 6.38. The number of hydrogen-bond acceptors (Lipinski definition) is 2. The van der Waals surface area contributed by atoms with E-state index in [1.54, 1.807) is 0 Å². The molecule has 2 nitrogen and oxygen atoms in total. The normalized spacial score (nSPS) is 16.1. The number of benzene rings is 4. The standard InChI is InChI=1S/C33H35BrN2/c34-31-18-10-17-30(25-31)33(28-13-6-2-7-14-28,29-15-8-3-9-16-29)21-24-36-22-19-32(26-35,20-23-36)27-11-4-1-5-12-27/h1-18,25H,19-24,26,35H2. The highest BCUT2D eigenvalue weighted by Gasteiger charge is 2.39. The second-order valence-electron chi connectivity index (χ2n) is 10.1. The molecule has 184 valence electrons. The lowest BCUT2D eigenvalue weighted by Gasteiger charge is -2.43. The molecule has 1 fully saturated rings. The van der Waals surface area contributed by atoms with E-state index in [1.165, 1.54) is 22.3 Å². The van der Waals surface area contributed by atoms with Gasteiger partial charge in [0.25, 0.3) is 0 Å². The molecule has 0 spiro atoms. The molecule has 1 aliphatic rings. The summed E-state index contributed by atoms with van der Waals surface area (Å²) in [5, 5.41) is 0. The van der Waals surface area contributed by atoms with Crippen LogP contribution in [0.5, 0.6) is 0 Å². The Morgan fingerprint density at radius 3 is 1.75 bits per heavy atom. The SMILES string of the molecule is NCC1(c2ccccc2)CCN(CCC(c2ccccc2)(c2ccccc2)c2cccc(Br)c2)CC1. The highest BCUT2D eigenvalue weighted by Crippen LogP contribution is 2.43. The van der Waals surface area contributed by atoms with Crippen molar-refractivity contribution in [3.8, 4) is 0 Å². The first-order valence-electron chi connectivity index (χ1n) is 13.0. The molecule has 1 saturated heterocycles. The maximum absolute atomic E-state index is 6.38. The summed E-state index contributed by atoms with van der Waals surface area (Å²) in [7, 11) is 0. The summed E-state index contributed by atoms with van der Waals surface area (Å²) in [4.78, 5) is 2.65. The molecule has 5 rings (SSSR count). The predicted molar refractivity (Wildman–Crippen MR) is 154 cm³/mol. The van der Waals surface area contributed by atoms with E-state index in [0.717, 1.165) is 43.4 Å². The summed E-state index contributed by atoms with van der Waals surface area (Å²) in [6.45, 7) is 3.89. The molecule has 1 heterocycles. The lowest BCUT2D eigenvalue weighted by Crippen LogP contribution is -2.47. The van der Waals surface area contributed by atoms with Crippen LogP contribution in [0.25, 0.3) is 0 Å². The fourth-order valence-electron chi connectivity index (χ4n) is 6.07. The molecule has 0 bridgehead atoms. The molecule has 1 aliphatic heterocycles. The number of piperidine rings is 1. The minimum Gasteiger partial charge on any atom is -0.330 e. The summed E-state index contributed by atoms with van der Waals surface area (Å²) in [5.74, 6) is 0. The molecule has 4 aromatic carbocycles. The van der Waals surface area contributed by atoms with Gasteiger partial charge in [0.1, 0.15) is 0 Å². The number of rotatable bonds is 8. The van der Waals surface area contributed by atoms with Gasteiger partial charge in [0.2, 0.25) is 0 Å². The van der Waals surface area contributed by atoms with Gasteiger partial charge < -0.3 is 10.6 Å². The molecule has 0 aromatic heterocycles. The maximum Gasteiger partial charge on any atom is 0.0463 e. The minimum atomic E-state index is -0.228. The van der Waals surface area contributed by atoms with Crippen LogP contribution >= 0.6 is 15.9 Å². The number of halogens is 1. The van der Waals surface area contributed by atoms with Crippen molar-refractivity contribution in [2.45, 2.75) is 30.1 Å². The zero-order chi connectivity index (χ0) is 24.8. The molecular weight excluding hydrogens is 504 g/mol. The van der Waals surface area contributed by atoms with E-state index in [2.05, 4.69) is 136 Å². The second-order valence-corrected chi connectivity index (χ2v) is 11.0. The van der Waals surface area contributed by atoms with Crippen LogP contribution in [-0.2, 0) is 10.8 Å². The molecule has 0 saturated carbocycles. The fraction of sp³-hybridized carbons (Fsp3) is 0.273. The Labute approximate surface area is 224 Å². The predicted octanol–water partition coefficient (Wildman–Crippen LogP) is 7.17. The third-order valence-corrected chi connectivity index (χ3v) is 8.74. The Morgan fingerprint density at radius 1 is 0.694 bits per heavy atom. The summed E-state index contributed by atoms with van der Waals surface area (Å²) < 4.78 is 1.12. The summed E-state index contributed by atoms with van der Waals surface area (Å²) >= 11 is 3.75. The van der Waals surface area contributed by atoms with Crippen molar-refractivity contribution in [3.63, 3.8) is 0 Å². The topological polar surface area (TPSA) is 29.3 Å². The van der Waals surface area contributed by atoms with Crippen LogP contribution in [0.3, 0.4) is 0 Å². The van der Waals surface area contributed by atoms with Crippen molar-refractivity contribution >= 4 is 15.9 Å². The Kier molecular flexibility index (Phi) is 7.71. The molecule has 2 N–H and O–H groups in total. The van der Waals surface area contributed by atoms with Gasteiger partial charge in [-0.2, -0.15) is 0 Å².